The number of rotatable bonds is 7. The van der Waals surface area contributed by atoms with E-state index in [2.05, 4.69) is 0 Å². The average Bonchev–Trinajstić information content (AvgIpc) is 3.23. The molecule has 0 aliphatic heterocycles. The van der Waals surface area contributed by atoms with Gasteiger partial charge in [-0.1, -0.05) is 18.2 Å². The molecule has 36 heavy (non-hydrogen) atoms. The van der Waals surface area contributed by atoms with Crippen LogP contribution < -0.4 is 0 Å². The smallest absolute Gasteiger partial charge is 0.420 e. The lowest BCUT2D eigenvalue weighted by Crippen LogP contribution is -2.52. The van der Waals surface area contributed by atoms with Crippen molar-refractivity contribution in [2.75, 3.05) is 7.11 Å². The maximum absolute atomic E-state index is 13.2. The second-order valence-corrected chi connectivity index (χ2v) is 8.89. The van der Waals surface area contributed by atoms with Gasteiger partial charge in [0.25, 0.3) is 5.69 Å². The molecule has 0 spiro atoms. The van der Waals surface area contributed by atoms with E-state index in [1.165, 1.54) is 24.3 Å². The third-order valence-electron chi connectivity index (χ3n) is 5.13. The summed E-state index contributed by atoms with van der Waals surface area (Å²) >= 11 is 0. The van der Waals surface area contributed by atoms with Crippen molar-refractivity contribution < 1.29 is 33.5 Å². The van der Waals surface area contributed by atoms with E-state index < -0.39 is 34.7 Å². The minimum absolute atomic E-state index is 0.105. The number of carbonyl (C=O) groups is 3. The van der Waals surface area contributed by atoms with Gasteiger partial charge in [-0.25, -0.2) is 14.4 Å². The average molecular weight is 498 g/mol. The molecule has 0 fully saturated rings. The molecule has 1 aromatic heterocycles. The zero-order valence-electron chi connectivity index (χ0n) is 20.4. The molecule has 1 heterocycles. The number of non-ortho nitro benzene ring substituents is 1. The van der Waals surface area contributed by atoms with Crippen LogP contribution in [0.25, 0.3) is 10.9 Å². The quantitative estimate of drug-likeness (QED) is 0.199. The molecule has 2 aromatic carbocycles. The number of fused-ring (bicyclic) bond motifs is 1. The first-order valence-electron chi connectivity index (χ1n) is 11.0. The second-order valence-electron chi connectivity index (χ2n) is 8.89. The van der Waals surface area contributed by atoms with Gasteiger partial charge in [0, 0.05) is 23.8 Å². The van der Waals surface area contributed by atoms with E-state index in [4.69, 9.17) is 14.2 Å². The van der Waals surface area contributed by atoms with Crippen molar-refractivity contribution in [3.63, 3.8) is 0 Å². The molecule has 0 bridgehead atoms. The van der Waals surface area contributed by atoms with E-state index in [0.29, 0.717) is 10.5 Å². The molecular weight excluding hydrogens is 470 g/mol. The predicted octanol–water partition coefficient (Wildman–Crippen LogP) is 4.67. The topological polar surface area (TPSA) is 130 Å². The van der Waals surface area contributed by atoms with Crippen LogP contribution in [0.5, 0.6) is 0 Å². The minimum atomic E-state index is -1.40. The van der Waals surface area contributed by atoms with Crippen LogP contribution >= 0.6 is 0 Å². The summed E-state index contributed by atoms with van der Waals surface area (Å²) in [6.45, 7) is 4.47. The summed E-state index contributed by atoms with van der Waals surface area (Å²) in [5, 5.41) is 11.8. The van der Waals surface area contributed by atoms with E-state index >= 15 is 0 Å². The molecule has 3 rings (SSSR count). The van der Waals surface area contributed by atoms with Crippen LogP contribution in [0.4, 0.5) is 15.3 Å². The Morgan fingerprint density at radius 3 is 2.31 bits per heavy atom. The van der Waals surface area contributed by atoms with Crippen molar-refractivity contribution in [2.24, 2.45) is 0 Å². The van der Waals surface area contributed by atoms with E-state index in [-0.39, 0.29) is 18.8 Å². The van der Waals surface area contributed by atoms with Gasteiger partial charge in [-0.05, 0) is 56.0 Å². The number of aromatic nitrogens is 1. The second kappa shape index (κ2) is 10.9. The highest BCUT2D eigenvalue weighted by Crippen LogP contribution is 2.21. The lowest BCUT2D eigenvalue weighted by molar-refractivity contribution is -0.384. The molecule has 1 atom stereocenters. The number of nitrogens with zero attached hydrogens (tertiary/aromatic N) is 3. The fourth-order valence-corrected chi connectivity index (χ4v) is 3.45. The first-order valence-corrected chi connectivity index (χ1v) is 11.0. The van der Waals surface area contributed by atoms with Gasteiger partial charge in [-0.3, -0.25) is 10.1 Å². The third kappa shape index (κ3) is 6.38. The number of methoxy groups -OCH3 is 1. The van der Waals surface area contributed by atoms with Gasteiger partial charge < -0.3 is 18.8 Å². The number of esters is 1. The van der Waals surface area contributed by atoms with Gasteiger partial charge >= 0.3 is 18.2 Å². The number of nitro groups is 1. The Hall–Kier alpha value is -4.41. The summed E-state index contributed by atoms with van der Waals surface area (Å²) in [6.07, 6.45) is -0.478. The van der Waals surface area contributed by atoms with E-state index in [1.807, 2.05) is 30.3 Å². The Morgan fingerprint density at radius 2 is 1.69 bits per heavy atom. The third-order valence-corrected chi connectivity index (χ3v) is 5.13. The predicted molar refractivity (Wildman–Crippen MR) is 129 cm³/mol. The Balaban J connectivity index is 1.90. The lowest BCUT2D eigenvalue weighted by atomic mass is 10.2. The number of hydrogen-bond acceptors (Lipinski definition) is 8. The van der Waals surface area contributed by atoms with Gasteiger partial charge in [-0.15, -0.1) is 0 Å². The molecule has 1 unspecified atom stereocenters. The molecule has 0 radical (unpaired) electrons. The molecule has 0 N–H and O–H groups in total. The molecule has 190 valence electrons. The van der Waals surface area contributed by atoms with Gasteiger partial charge in [0.15, 0.2) is 6.04 Å². The molecule has 2 amide bonds. The molecule has 3 aromatic rings. The first kappa shape index (κ1) is 26.2. The standard InChI is InChI=1S/C25H27N3O8/c1-25(2,3)36-24(31)27(23(30)35-16-17-9-11-19(12-10-17)28(32)33)21(22(29)34-4)15-26-14-13-18-7-5-6-8-20(18)26/h5-14,21H,15-16H2,1-4H3. The van der Waals surface area contributed by atoms with E-state index in [9.17, 15) is 24.5 Å². The number of nitro benzene ring substituents is 1. The highest BCUT2D eigenvalue weighted by molar-refractivity contribution is 5.94. The molecule has 0 saturated carbocycles. The van der Waals surface area contributed by atoms with E-state index in [0.717, 1.165) is 18.0 Å². The van der Waals surface area contributed by atoms with Gasteiger partial charge in [-0.2, -0.15) is 4.90 Å². The SMILES string of the molecule is COC(=O)C(Cn1ccc2ccccc21)N(C(=O)OCc1ccc([N+](=O)[O-])cc1)C(=O)OC(C)(C)C. The van der Waals surface area contributed by atoms with Gasteiger partial charge in [0.2, 0.25) is 0 Å². The van der Waals surface area contributed by atoms with Crippen LogP contribution in [0, 0.1) is 10.1 Å². The van der Waals surface area contributed by atoms with Crippen LogP contribution in [0.1, 0.15) is 26.3 Å². The number of hydrogen-bond donors (Lipinski definition) is 0. The summed E-state index contributed by atoms with van der Waals surface area (Å²) in [7, 11) is 1.15. The zero-order chi connectivity index (χ0) is 26.5. The zero-order valence-corrected chi connectivity index (χ0v) is 20.4. The highest BCUT2D eigenvalue weighted by Gasteiger charge is 2.40. The van der Waals surface area contributed by atoms with Gasteiger partial charge in [0.1, 0.15) is 12.2 Å². The normalized spacial score (nSPS) is 12.0. The number of carbonyl (C=O) groups excluding carboxylic acids is 3. The molecule has 0 aliphatic rings. The number of ether oxygens (including phenoxy) is 3. The fraction of sp³-hybridized carbons (Fsp3) is 0.320. The molecule has 0 aliphatic carbocycles. The molecule has 11 heteroatoms. The van der Waals surface area contributed by atoms with Crippen molar-refractivity contribution in [1.29, 1.82) is 0 Å². The number of imide groups is 1. The van der Waals surface area contributed by atoms with Crippen LogP contribution in [-0.2, 0) is 32.2 Å². The Morgan fingerprint density at radius 1 is 1.03 bits per heavy atom. The highest BCUT2D eigenvalue weighted by atomic mass is 16.6. The largest absolute Gasteiger partial charge is 0.467 e. The lowest BCUT2D eigenvalue weighted by Gasteiger charge is -2.30. The van der Waals surface area contributed by atoms with Crippen molar-refractivity contribution in [1.82, 2.24) is 9.47 Å². The molecule has 0 saturated heterocycles. The Labute approximate surface area is 207 Å². The molecular formula is C25H27N3O8. The van der Waals surface area contributed by atoms with Crippen LogP contribution in [-0.4, -0.2) is 51.3 Å². The van der Waals surface area contributed by atoms with Gasteiger partial charge in [0.05, 0.1) is 18.6 Å². The maximum atomic E-state index is 13.2. The van der Waals surface area contributed by atoms with Crippen molar-refractivity contribution in [3.8, 4) is 0 Å². The number of amides is 2. The summed E-state index contributed by atoms with van der Waals surface area (Å²) < 4.78 is 17.3. The summed E-state index contributed by atoms with van der Waals surface area (Å²) in [5.41, 5.74) is 0.151. The summed E-state index contributed by atoms with van der Waals surface area (Å²) in [6, 6.07) is 13.3. The van der Waals surface area contributed by atoms with Crippen molar-refractivity contribution in [3.05, 3.63) is 76.5 Å². The fourth-order valence-electron chi connectivity index (χ4n) is 3.45. The van der Waals surface area contributed by atoms with Crippen molar-refractivity contribution in [2.45, 2.75) is 45.6 Å². The molecule has 11 nitrogen and oxygen atoms in total. The van der Waals surface area contributed by atoms with Crippen LogP contribution in [0.2, 0.25) is 0 Å². The Bertz CT molecular complexity index is 1260. The number of para-hydroxylation sites is 1. The van der Waals surface area contributed by atoms with Crippen LogP contribution in [0.15, 0.2) is 60.8 Å². The Kier molecular flexibility index (Phi) is 7.93. The van der Waals surface area contributed by atoms with E-state index in [1.54, 1.807) is 31.5 Å². The number of benzene rings is 2. The summed E-state index contributed by atoms with van der Waals surface area (Å²) in [5.74, 6) is -0.842. The van der Waals surface area contributed by atoms with Crippen LogP contribution in [0.3, 0.4) is 0 Å². The van der Waals surface area contributed by atoms with Crippen molar-refractivity contribution >= 4 is 34.7 Å². The maximum Gasteiger partial charge on any atom is 0.420 e. The monoisotopic (exact) mass is 497 g/mol. The first-order chi connectivity index (χ1) is 17.0. The minimum Gasteiger partial charge on any atom is -0.467 e. The summed E-state index contributed by atoms with van der Waals surface area (Å²) in [4.78, 5) is 50.0.